The van der Waals surface area contributed by atoms with E-state index in [4.69, 9.17) is 0 Å². The average molecular weight is 666 g/mol. The predicted octanol–water partition coefficient (Wildman–Crippen LogP) is 2.64. The number of hydrogen-bond donors (Lipinski definition) is 3. The monoisotopic (exact) mass is 665 g/mol. The van der Waals surface area contributed by atoms with E-state index in [1.165, 1.54) is 19.1 Å². The number of carbonyl (C=O) groups excluding carboxylic acids is 3. The molecule has 0 saturated heterocycles. The van der Waals surface area contributed by atoms with Crippen molar-refractivity contribution in [3.63, 3.8) is 0 Å². The van der Waals surface area contributed by atoms with Crippen molar-refractivity contribution in [1.29, 1.82) is 0 Å². The zero-order valence-corrected chi connectivity index (χ0v) is 29.0. The number of aliphatic hydroxyl groups is 1. The zero-order chi connectivity index (χ0) is 34.1. The number of rotatable bonds is 16. The highest BCUT2D eigenvalue weighted by atomic mass is 32.2. The van der Waals surface area contributed by atoms with Crippen LogP contribution in [0.25, 0.3) is 0 Å². The van der Waals surface area contributed by atoms with Gasteiger partial charge in [0, 0.05) is 65.0 Å². The number of alkyl halides is 2. The number of hydrogen-bond acceptors (Lipinski definition) is 7. The summed E-state index contributed by atoms with van der Waals surface area (Å²) in [6, 6.07) is -0.921. The van der Waals surface area contributed by atoms with Gasteiger partial charge >= 0.3 is 0 Å². The third kappa shape index (κ3) is 11.7. The Labute approximate surface area is 268 Å². The molecule has 3 amide bonds. The molecule has 11 nitrogen and oxygen atoms in total. The quantitative estimate of drug-likeness (QED) is 0.216. The maximum absolute atomic E-state index is 14.3. The molecule has 2 saturated carbocycles. The van der Waals surface area contributed by atoms with E-state index in [2.05, 4.69) is 10.7 Å². The number of carbonyl (C=O) groups is 3. The van der Waals surface area contributed by atoms with Crippen LogP contribution in [0.15, 0.2) is 0 Å². The second-order valence-electron chi connectivity index (χ2n) is 13.6. The molecule has 2 aliphatic rings. The van der Waals surface area contributed by atoms with Gasteiger partial charge in [-0.2, -0.15) is 0 Å². The van der Waals surface area contributed by atoms with Gasteiger partial charge in [-0.15, -0.1) is 0 Å². The summed E-state index contributed by atoms with van der Waals surface area (Å²) < 4.78 is 56.2. The Kier molecular flexibility index (Phi) is 15.6. The van der Waals surface area contributed by atoms with E-state index in [1.807, 2.05) is 13.8 Å². The van der Waals surface area contributed by atoms with Crippen molar-refractivity contribution in [3.8, 4) is 0 Å². The summed E-state index contributed by atoms with van der Waals surface area (Å²) in [4.78, 5) is 41.4. The minimum atomic E-state index is -3.79. The minimum absolute atomic E-state index is 0.00732. The summed E-state index contributed by atoms with van der Waals surface area (Å²) >= 11 is 0. The van der Waals surface area contributed by atoms with Crippen molar-refractivity contribution in [2.75, 3.05) is 40.8 Å². The number of nitrogens with zero attached hydrogens (tertiary/aromatic N) is 3. The van der Waals surface area contributed by atoms with Gasteiger partial charge in [0.2, 0.25) is 27.7 Å². The Bertz CT molecular complexity index is 1060. The van der Waals surface area contributed by atoms with E-state index in [-0.39, 0.29) is 69.2 Å². The molecule has 2 fully saturated rings. The molecule has 7 atom stereocenters. The minimum Gasteiger partial charge on any atom is -0.390 e. The number of aliphatic hydroxyl groups excluding tert-OH is 1. The van der Waals surface area contributed by atoms with Crippen LogP contribution in [0, 0.1) is 23.7 Å². The van der Waals surface area contributed by atoms with E-state index in [0.717, 1.165) is 17.1 Å². The highest BCUT2D eigenvalue weighted by Crippen LogP contribution is 2.36. The molecule has 0 aromatic carbocycles. The zero-order valence-electron chi connectivity index (χ0n) is 28.2. The first-order valence-electron chi connectivity index (χ1n) is 16.5. The number of nitrogens with one attached hydrogen (secondary N) is 2. The standard InChI is InChI=1S/C31H57F2N5O6S/c1-8-10-38(11-9-2)31(42)23-15-22(16-26(17-23)45(43,44)36(5)6)30(41)34-27(14-21-12-24(32)18-25(33)13-21)28(39)19-37(7)35-29(40)20(3)4/h20-28,39H,8-19H2,1-7H3,(H,34,41)(H,35,40). The third-order valence-corrected chi connectivity index (χ3v) is 11.2. The van der Waals surface area contributed by atoms with Gasteiger partial charge < -0.3 is 15.3 Å². The van der Waals surface area contributed by atoms with Crippen LogP contribution >= 0.6 is 0 Å². The SMILES string of the molecule is CCCN(CCC)C(=O)C1CC(C(=O)NC(CC2CC(F)CC(F)C2)C(O)CN(C)NC(=O)C(C)C)CC(S(=O)(=O)N(C)C)C1. The third-order valence-electron chi connectivity index (χ3n) is 8.97. The molecule has 14 heteroatoms. The van der Waals surface area contributed by atoms with Crippen molar-refractivity contribution >= 4 is 27.7 Å². The predicted molar refractivity (Wildman–Crippen MR) is 170 cm³/mol. The van der Waals surface area contributed by atoms with Gasteiger partial charge in [0.05, 0.1) is 17.4 Å². The number of amides is 3. The number of halogens is 2. The lowest BCUT2D eigenvalue weighted by Gasteiger charge is -2.38. The van der Waals surface area contributed by atoms with Crippen molar-refractivity contribution in [1.82, 2.24) is 25.0 Å². The van der Waals surface area contributed by atoms with Crippen molar-refractivity contribution in [2.45, 2.75) is 115 Å². The topological polar surface area (TPSA) is 139 Å². The van der Waals surface area contributed by atoms with Crippen molar-refractivity contribution < 1.29 is 36.7 Å². The Morgan fingerprint density at radius 3 is 1.96 bits per heavy atom. The molecule has 0 spiro atoms. The Morgan fingerprint density at radius 1 is 0.889 bits per heavy atom. The van der Waals surface area contributed by atoms with E-state index >= 15 is 0 Å². The molecule has 0 aromatic heterocycles. The van der Waals surface area contributed by atoms with Crippen LogP contribution in [0.3, 0.4) is 0 Å². The largest absolute Gasteiger partial charge is 0.390 e. The lowest BCUT2D eigenvalue weighted by atomic mass is 9.79. The fourth-order valence-electron chi connectivity index (χ4n) is 6.58. The van der Waals surface area contributed by atoms with E-state index in [9.17, 15) is 36.7 Å². The van der Waals surface area contributed by atoms with Crippen molar-refractivity contribution in [3.05, 3.63) is 0 Å². The molecule has 0 aliphatic heterocycles. The smallest absolute Gasteiger partial charge is 0.236 e. The first kappa shape index (κ1) is 39.3. The molecule has 3 N–H and O–H groups in total. The second-order valence-corrected chi connectivity index (χ2v) is 16.0. The Hall–Kier alpha value is -1.90. The summed E-state index contributed by atoms with van der Waals surface area (Å²) in [6.45, 7) is 8.38. The first-order chi connectivity index (χ1) is 21.0. The molecule has 0 heterocycles. The molecule has 0 aromatic rings. The van der Waals surface area contributed by atoms with Gasteiger partial charge in [-0.1, -0.05) is 27.7 Å². The van der Waals surface area contributed by atoms with Crippen LogP contribution in [0.1, 0.15) is 85.5 Å². The molecule has 45 heavy (non-hydrogen) atoms. The van der Waals surface area contributed by atoms with E-state index in [0.29, 0.717) is 13.1 Å². The van der Waals surface area contributed by atoms with Gasteiger partial charge in [0.15, 0.2) is 0 Å². The van der Waals surface area contributed by atoms with Crippen LogP contribution in [-0.2, 0) is 24.4 Å². The average Bonchev–Trinajstić information content (AvgIpc) is 2.95. The van der Waals surface area contributed by atoms with Gasteiger partial charge in [-0.25, -0.2) is 26.5 Å². The Morgan fingerprint density at radius 2 is 1.44 bits per heavy atom. The summed E-state index contributed by atoms with van der Waals surface area (Å²) in [5.41, 5.74) is 2.67. The lowest BCUT2D eigenvalue weighted by molar-refractivity contribution is -0.138. The normalized spacial score (nSPS) is 27.3. The van der Waals surface area contributed by atoms with Crippen LogP contribution in [0.2, 0.25) is 0 Å². The van der Waals surface area contributed by atoms with E-state index < -0.39 is 63.4 Å². The maximum atomic E-state index is 14.3. The summed E-state index contributed by atoms with van der Waals surface area (Å²) in [5.74, 6) is -3.18. The summed E-state index contributed by atoms with van der Waals surface area (Å²) in [6.07, 6.45) is -1.96. The number of sulfonamides is 1. The second kappa shape index (κ2) is 17.9. The lowest BCUT2D eigenvalue weighted by Crippen LogP contribution is -2.54. The molecule has 2 aliphatic carbocycles. The van der Waals surface area contributed by atoms with Gasteiger partial charge in [-0.05, 0) is 57.3 Å². The summed E-state index contributed by atoms with van der Waals surface area (Å²) in [7, 11) is 0.636. The fraction of sp³-hybridized carbons (Fsp3) is 0.903. The first-order valence-corrected chi connectivity index (χ1v) is 18.0. The van der Waals surface area contributed by atoms with Gasteiger partial charge in [0.1, 0.15) is 12.3 Å². The van der Waals surface area contributed by atoms with Gasteiger partial charge in [0.25, 0.3) is 0 Å². The van der Waals surface area contributed by atoms with Crippen LogP contribution < -0.4 is 10.7 Å². The van der Waals surface area contributed by atoms with Crippen molar-refractivity contribution in [2.24, 2.45) is 23.7 Å². The fourth-order valence-corrected chi connectivity index (χ4v) is 8.13. The molecule has 7 unspecified atom stereocenters. The number of likely N-dealkylation sites (N-methyl/N-ethyl adjacent to an activating group) is 1. The number of hydrazine groups is 1. The van der Waals surface area contributed by atoms with Crippen LogP contribution in [0.4, 0.5) is 8.78 Å². The molecular formula is C31H57F2N5O6S. The summed E-state index contributed by atoms with van der Waals surface area (Å²) in [5, 5.41) is 14.6. The molecule has 0 bridgehead atoms. The Balaban J connectivity index is 2.33. The maximum Gasteiger partial charge on any atom is 0.236 e. The molecule has 0 radical (unpaired) electrons. The van der Waals surface area contributed by atoms with Gasteiger partial charge in [-0.3, -0.25) is 19.8 Å². The van der Waals surface area contributed by atoms with E-state index in [1.54, 1.807) is 25.8 Å². The highest BCUT2D eigenvalue weighted by molar-refractivity contribution is 7.89. The van der Waals surface area contributed by atoms with Crippen LogP contribution in [0.5, 0.6) is 0 Å². The molecule has 262 valence electrons. The van der Waals surface area contributed by atoms with Crippen LogP contribution in [-0.4, -0.2) is 116 Å². The molecular weight excluding hydrogens is 608 g/mol. The molecule has 2 rings (SSSR count). The highest BCUT2D eigenvalue weighted by Gasteiger charge is 2.44.